The number of aryl methyl sites for hydroxylation is 2. The van der Waals surface area contributed by atoms with Gasteiger partial charge in [-0.05, 0) is 12.5 Å². The van der Waals surface area contributed by atoms with E-state index in [9.17, 15) is 4.79 Å². The van der Waals surface area contributed by atoms with E-state index in [1.54, 1.807) is 30.2 Å². The highest BCUT2D eigenvalue weighted by Crippen LogP contribution is 2.07. The molecule has 2 aromatic heterocycles. The van der Waals surface area contributed by atoms with Gasteiger partial charge in [0.15, 0.2) is 5.82 Å². The van der Waals surface area contributed by atoms with Crippen molar-refractivity contribution in [1.82, 2.24) is 19.3 Å². The van der Waals surface area contributed by atoms with Gasteiger partial charge in [-0.1, -0.05) is 6.92 Å². The van der Waals surface area contributed by atoms with Gasteiger partial charge in [0.2, 0.25) is 5.78 Å². The molecule has 2 aromatic rings. The highest BCUT2D eigenvalue weighted by Gasteiger charge is 2.17. The van der Waals surface area contributed by atoms with Crippen LogP contribution in [0.1, 0.15) is 29.7 Å². The molecule has 0 unspecified atom stereocenters. The van der Waals surface area contributed by atoms with E-state index in [0.29, 0.717) is 11.5 Å². The van der Waals surface area contributed by atoms with Gasteiger partial charge in [-0.15, -0.1) is 0 Å². The van der Waals surface area contributed by atoms with Gasteiger partial charge >= 0.3 is 0 Å². The Morgan fingerprint density at radius 2 is 2.25 bits per heavy atom. The summed E-state index contributed by atoms with van der Waals surface area (Å²) < 4.78 is 3.43. The maximum Gasteiger partial charge on any atom is 0.246 e. The first-order valence-corrected chi connectivity index (χ1v) is 5.28. The van der Waals surface area contributed by atoms with Gasteiger partial charge in [0.1, 0.15) is 5.69 Å². The third-order valence-electron chi connectivity index (χ3n) is 2.44. The average Bonchev–Trinajstić information content (AvgIpc) is 2.87. The van der Waals surface area contributed by atoms with Gasteiger partial charge in [-0.3, -0.25) is 9.48 Å². The second-order valence-electron chi connectivity index (χ2n) is 3.61. The maximum atomic E-state index is 12.1. The SMILES string of the molecule is CCCn1ccnc1C(=O)c1ccnn1C. The zero-order valence-corrected chi connectivity index (χ0v) is 9.42. The van der Waals surface area contributed by atoms with E-state index < -0.39 is 0 Å². The number of hydrogen-bond acceptors (Lipinski definition) is 3. The van der Waals surface area contributed by atoms with Gasteiger partial charge in [0.05, 0.1) is 0 Å². The van der Waals surface area contributed by atoms with E-state index in [0.717, 1.165) is 13.0 Å². The predicted octanol–water partition coefficient (Wildman–Crippen LogP) is 1.26. The lowest BCUT2D eigenvalue weighted by molar-refractivity contribution is 0.101. The smallest absolute Gasteiger partial charge is 0.246 e. The summed E-state index contributed by atoms with van der Waals surface area (Å²) in [7, 11) is 1.75. The number of imidazole rings is 1. The van der Waals surface area contributed by atoms with Gasteiger partial charge < -0.3 is 4.57 Å². The Morgan fingerprint density at radius 1 is 1.44 bits per heavy atom. The lowest BCUT2D eigenvalue weighted by Gasteiger charge is -2.05. The van der Waals surface area contributed by atoms with E-state index in [1.165, 1.54) is 0 Å². The van der Waals surface area contributed by atoms with Crippen molar-refractivity contribution in [3.63, 3.8) is 0 Å². The summed E-state index contributed by atoms with van der Waals surface area (Å²) >= 11 is 0. The summed E-state index contributed by atoms with van der Waals surface area (Å²) in [5.41, 5.74) is 0.559. The first-order valence-electron chi connectivity index (χ1n) is 5.28. The van der Waals surface area contributed by atoms with E-state index in [2.05, 4.69) is 17.0 Å². The lowest BCUT2D eigenvalue weighted by atomic mass is 10.2. The first kappa shape index (κ1) is 10.6. The molecule has 0 spiro atoms. The highest BCUT2D eigenvalue weighted by molar-refractivity contribution is 6.05. The van der Waals surface area contributed by atoms with Crippen LogP contribution in [0.5, 0.6) is 0 Å². The van der Waals surface area contributed by atoms with Crippen LogP contribution in [-0.4, -0.2) is 25.1 Å². The number of carbonyl (C=O) groups excluding carboxylic acids is 1. The molecule has 5 nitrogen and oxygen atoms in total. The minimum absolute atomic E-state index is 0.0848. The largest absolute Gasteiger partial charge is 0.328 e. The molecule has 0 aliphatic rings. The Kier molecular flexibility index (Phi) is 2.85. The number of nitrogens with zero attached hydrogens (tertiary/aromatic N) is 4. The fourth-order valence-electron chi connectivity index (χ4n) is 1.65. The third-order valence-corrected chi connectivity index (χ3v) is 2.44. The normalized spacial score (nSPS) is 10.6. The van der Waals surface area contributed by atoms with E-state index in [4.69, 9.17) is 0 Å². The topological polar surface area (TPSA) is 52.7 Å². The molecule has 0 N–H and O–H groups in total. The second kappa shape index (κ2) is 4.30. The van der Waals surface area contributed by atoms with Crippen LogP contribution in [0.25, 0.3) is 0 Å². The quantitative estimate of drug-likeness (QED) is 0.726. The predicted molar refractivity (Wildman–Crippen MR) is 59.2 cm³/mol. The molecule has 0 aliphatic carbocycles. The van der Waals surface area contributed by atoms with Crippen molar-refractivity contribution < 1.29 is 4.79 Å². The number of rotatable bonds is 4. The number of hydrogen-bond donors (Lipinski definition) is 0. The Labute approximate surface area is 93.7 Å². The third kappa shape index (κ3) is 1.76. The van der Waals surface area contributed by atoms with Crippen molar-refractivity contribution >= 4 is 5.78 Å². The Morgan fingerprint density at radius 3 is 2.88 bits per heavy atom. The second-order valence-corrected chi connectivity index (χ2v) is 3.61. The Hall–Kier alpha value is -1.91. The van der Waals surface area contributed by atoms with Crippen LogP contribution in [0, 0.1) is 0 Å². The van der Waals surface area contributed by atoms with Gasteiger partial charge in [-0.25, -0.2) is 4.98 Å². The van der Waals surface area contributed by atoms with Crippen LogP contribution < -0.4 is 0 Å². The van der Waals surface area contributed by atoms with Crippen molar-refractivity contribution in [3.8, 4) is 0 Å². The van der Waals surface area contributed by atoms with Crippen LogP contribution in [0.2, 0.25) is 0 Å². The molecule has 0 amide bonds. The molecular weight excluding hydrogens is 204 g/mol. The molecule has 0 radical (unpaired) electrons. The van der Waals surface area contributed by atoms with Crippen LogP contribution in [0.4, 0.5) is 0 Å². The molecule has 16 heavy (non-hydrogen) atoms. The summed E-state index contributed by atoms with van der Waals surface area (Å²) in [6, 6.07) is 1.70. The molecule has 0 saturated heterocycles. The number of aromatic nitrogens is 4. The van der Waals surface area contributed by atoms with Gasteiger partial charge in [0.25, 0.3) is 0 Å². The molecule has 84 valence electrons. The van der Waals surface area contributed by atoms with Crippen LogP contribution in [0.3, 0.4) is 0 Å². The van der Waals surface area contributed by atoms with E-state index in [1.807, 2.05) is 10.8 Å². The van der Waals surface area contributed by atoms with Crippen molar-refractivity contribution in [2.24, 2.45) is 7.05 Å². The van der Waals surface area contributed by atoms with E-state index >= 15 is 0 Å². The summed E-state index contributed by atoms with van der Waals surface area (Å²) in [5.74, 6) is 0.393. The van der Waals surface area contributed by atoms with Crippen molar-refractivity contribution in [3.05, 3.63) is 36.2 Å². The minimum atomic E-state index is -0.0848. The standard InChI is InChI=1S/C11H14N4O/c1-3-7-15-8-6-12-11(15)10(16)9-4-5-13-14(9)2/h4-6,8H,3,7H2,1-2H3. The molecule has 0 saturated carbocycles. The molecule has 5 heteroatoms. The lowest BCUT2D eigenvalue weighted by Crippen LogP contribution is -2.14. The molecule has 0 bridgehead atoms. The zero-order valence-electron chi connectivity index (χ0n) is 9.42. The zero-order chi connectivity index (χ0) is 11.5. The average molecular weight is 218 g/mol. The van der Waals surface area contributed by atoms with Crippen molar-refractivity contribution in [1.29, 1.82) is 0 Å². The summed E-state index contributed by atoms with van der Waals surface area (Å²) in [5, 5.41) is 3.98. The Bertz CT molecular complexity index is 498. The van der Waals surface area contributed by atoms with Crippen LogP contribution in [-0.2, 0) is 13.6 Å². The molecule has 0 aromatic carbocycles. The summed E-state index contributed by atoms with van der Waals surface area (Å²) in [6.45, 7) is 2.87. The molecule has 2 heterocycles. The molecule has 2 rings (SSSR count). The Balaban J connectivity index is 2.34. The molecule has 0 aliphatic heterocycles. The highest BCUT2D eigenvalue weighted by atomic mass is 16.1. The molecule has 0 atom stereocenters. The van der Waals surface area contributed by atoms with Crippen LogP contribution >= 0.6 is 0 Å². The van der Waals surface area contributed by atoms with Gasteiger partial charge in [-0.2, -0.15) is 5.10 Å². The van der Waals surface area contributed by atoms with Gasteiger partial charge in [0, 0.05) is 32.2 Å². The minimum Gasteiger partial charge on any atom is -0.328 e. The summed E-state index contributed by atoms with van der Waals surface area (Å²) in [4.78, 5) is 16.2. The number of carbonyl (C=O) groups is 1. The maximum absolute atomic E-state index is 12.1. The van der Waals surface area contributed by atoms with E-state index in [-0.39, 0.29) is 5.78 Å². The van der Waals surface area contributed by atoms with Crippen molar-refractivity contribution in [2.75, 3.05) is 0 Å². The van der Waals surface area contributed by atoms with Crippen LogP contribution in [0.15, 0.2) is 24.7 Å². The molecular formula is C11H14N4O. The number of ketones is 1. The molecule has 0 fully saturated rings. The van der Waals surface area contributed by atoms with Crippen molar-refractivity contribution in [2.45, 2.75) is 19.9 Å². The fraction of sp³-hybridized carbons (Fsp3) is 0.364. The first-order chi connectivity index (χ1) is 7.74. The fourth-order valence-corrected chi connectivity index (χ4v) is 1.65. The summed E-state index contributed by atoms with van der Waals surface area (Å²) in [6.07, 6.45) is 6.06. The monoisotopic (exact) mass is 218 g/mol.